The van der Waals surface area contributed by atoms with Gasteiger partial charge in [-0.1, -0.05) is 34.1 Å². The molecule has 4 nitrogen and oxygen atoms in total. The van der Waals surface area contributed by atoms with Crippen molar-refractivity contribution in [3.05, 3.63) is 0 Å². The van der Waals surface area contributed by atoms with Gasteiger partial charge in [-0.3, -0.25) is 4.79 Å². The molecule has 0 aromatic carbocycles. The maximum Gasteiger partial charge on any atom is 0.237 e. The number of nitrogens with two attached hydrogens (primary N) is 1. The third kappa shape index (κ3) is 5.28. The second-order valence-corrected chi connectivity index (χ2v) is 5.78. The number of hydrogen-bond acceptors (Lipinski definition) is 3. The molecule has 0 spiro atoms. The van der Waals surface area contributed by atoms with E-state index in [1.54, 1.807) is 0 Å². The Morgan fingerprint density at radius 2 is 2.05 bits per heavy atom. The van der Waals surface area contributed by atoms with Crippen LogP contribution in [0, 0.1) is 17.8 Å². The van der Waals surface area contributed by atoms with Crippen molar-refractivity contribution < 1.29 is 9.53 Å². The van der Waals surface area contributed by atoms with Gasteiger partial charge in [0.15, 0.2) is 0 Å². The lowest BCUT2D eigenvalue weighted by atomic mass is 9.92. The van der Waals surface area contributed by atoms with Crippen LogP contribution in [0.25, 0.3) is 0 Å². The van der Waals surface area contributed by atoms with Gasteiger partial charge in [-0.25, -0.2) is 0 Å². The number of carbonyl (C=O) groups is 1. The molecule has 4 unspecified atom stereocenters. The molecule has 0 bridgehead atoms. The van der Waals surface area contributed by atoms with Crippen molar-refractivity contribution in [1.82, 2.24) is 5.32 Å². The van der Waals surface area contributed by atoms with Crippen molar-refractivity contribution in [2.45, 2.75) is 52.7 Å². The molecule has 0 aliphatic carbocycles. The molecule has 1 rings (SSSR count). The van der Waals surface area contributed by atoms with Crippen molar-refractivity contribution in [1.29, 1.82) is 0 Å². The van der Waals surface area contributed by atoms with Crippen LogP contribution in [-0.4, -0.2) is 31.2 Å². The molecule has 0 radical (unpaired) electrons. The molecule has 1 aliphatic rings. The smallest absolute Gasteiger partial charge is 0.237 e. The molecule has 0 aromatic rings. The second-order valence-electron chi connectivity index (χ2n) is 5.78. The van der Waals surface area contributed by atoms with E-state index < -0.39 is 6.04 Å². The Balaban J connectivity index is 0.00000324. The van der Waals surface area contributed by atoms with Gasteiger partial charge in [-0.15, -0.1) is 12.4 Å². The lowest BCUT2D eigenvalue weighted by Crippen LogP contribution is -2.46. The first-order valence-electron chi connectivity index (χ1n) is 7.12. The van der Waals surface area contributed by atoms with Crippen molar-refractivity contribution in [2.24, 2.45) is 23.5 Å². The average Bonchev–Trinajstić information content (AvgIpc) is 2.82. The molecular formula is C14H29ClN2O2. The first-order valence-corrected chi connectivity index (χ1v) is 7.12. The Morgan fingerprint density at radius 3 is 2.58 bits per heavy atom. The summed E-state index contributed by atoms with van der Waals surface area (Å²) >= 11 is 0. The topological polar surface area (TPSA) is 64.4 Å². The van der Waals surface area contributed by atoms with Gasteiger partial charge in [0.25, 0.3) is 0 Å². The summed E-state index contributed by atoms with van der Waals surface area (Å²) < 4.78 is 5.71. The van der Waals surface area contributed by atoms with Gasteiger partial charge in [-0.2, -0.15) is 0 Å². The van der Waals surface area contributed by atoms with Crippen LogP contribution in [-0.2, 0) is 9.53 Å². The molecule has 1 saturated heterocycles. The number of rotatable bonds is 6. The fourth-order valence-electron chi connectivity index (χ4n) is 2.47. The SMILES string of the molecule is CCC(C)C(N)C(=O)NCC1CCOC1C(C)C.Cl. The largest absolute Gasteiger partial charge is 0.378 e. The summed E-state index contributed by atoms with van der Waals surface area (Å²) in [7, 11) is 0. The van der Waals surface area contributed by atoms with E-state index in [1.165, 1.54) is 0 Å². The molecule has 0 aromatic heterocycles. The van der Waals surface area contributed by atoms with E-state index in [0.717, 1.165) is 19.4 Å². The first kappa shape index (κ1) is 18.7. The Morgan fingerprint density at radius 1 is 1.42 bits per heavy atom. The summed E-state index contributed by atoms with van der Waals surface area (Å²) in [5.41, 5.74) is 5.91. The van der Waals surface area contributed by atoms with E-state index >= 15 is 0 Å². The summed E-state index contributed by atoms with van der Waals surface area (Å²) in [6, 6.07) is -0.394. The molecule has 1 fully saturated rings. The fraction of sp³-hybridized carbons (Fsp3) is 0.929. The van der Waals surface area contributed by atoms with Gasteiger partial charge >= 0.3 is 0 Å². The van der Waals surface area contributed by atoms with E-state index in [-0.39, 0.29) is 30.3 Å². The van der Waals surface area contributed by atoms with E-state index in [4.69, 9.17) is 10.5 Å². The molecule has 1 aliphatic heterocycles. The Labute approximate surface area is 123 Å². The molecule has 0 saturated carbocycles. The maximum atomic E-state index is 11.9. The molecule has 1 heterocycles. The van der Waals surface area contributed by atoms with Crippen LogP contribution in [0.5, 0.6) is 0 Å². The minimum atomic E-state index is -0.394. The minimum absolute atomic E-state index is 0. The molecular weight excluding hydrogens is 264 g/mol. The molecule has 19 heavy (non-hydrogen) atoms. The van der Waals surface area contributed by atoms with Crippen LogP contribution >= 0.6 is 12.4 Å². The second kappa shape index (κ2) is 8.77. The Kier molecular flexibility index (Phi) is 8.62. The maximum absolute atomic E-state index is 11.9. The van der Waals surface area contributed by atoms with Crippen LogP contribution < -0.4 is 11.1 Å². The van der Waals surface area contributed by atoms with E-state index in [9.17, 15) is 4.79 Å². The molecule has 5 heteroatoms. The third-order valence-corrected chi connectivity index (χ3v) is 4.02. The fourth-order valence-corrected chi connectivity index (χ4v) is 2.47. The van der Waals surface area contributed by atoms with Gasteiger partial charge in [0.1, 0.15) is 0 Å². The molecule has 114 valence electrons. The molecule has 1 amide bonds. The number of hydrogen-bond donors (Lipinski definition) is 2. The number of carbonyl (C=O) groups excluding carboxylic acids is 1. The normalized spacial score (nSPS) is 25.8. The van der Waals surface area contributed by atoms with Crippen molar-refractivity contribution >= 4 is 18.3 Å². The lowest BCUT2D eigenvalue weighted by Gasteiger charge is -2.24. The summed E-state index contributed by atoms with van der Waals surface area (Å²) in [4.78, 5) is 11.9. The average molecular weight is 293 g/mol. The van der Waals surface area contributed by atoms with Gasteiger partial charge in [-0.05, 0) is 18.3 Å². The van der Waals surface area contributed by atoms with E-state index in [0.29, 0.717) is 18.4 Å². The molecule has 4 atom stereocenters. The van der Waals surface area contributed by atoms with E-state index in [1.807, 2.05) is 6.92 Å². The summed E-state index contributed by atoms with van der Waals surface area (Å²) in [5, 5.41) is 2.98. The molecule has 3 N–H and O–H groups in total. The predicted octanol–water partition coefficient (Wildman–Crippen LogP) is 1.96. The summed E-state index contributed by atoms with van der Waals surface area (Å²) in [6.45, 7) is 9.88. The highest BCUT2D eigenvalue weighted by Gasteiger charge is 2.31. The van der Waals surface area contributed by atoms with Crippen LogP contribution in [0.2, 0.25) is 0 Å². The quantitative estimate of drug-likeness (QED) is 0.786. The van der Waals surface area contributed by atoms with Crippen molar-refractivity contribution in [2.75, 3.05) is 13.2 Å². The highest BCUT2D eigenvalue weighted by atomic mass is 35.5. The van der Waals surface area contributed by atoms with Crippen molar-refractivity contribution in [3.8, 4) is 0 Å². The van der Waals surface area contributed by atoms with E-state index in [2.05, 4.69) is 26.1 Å². The lowest BCUT2D eigenvalue weighted by molar-refractivity contribution is -0.123. The third-order valence-electron chi connectivity index (χ3n) is 4.02. The van der Waals surface area contributed by atoms with Gasteiger partial charge in [0.05, 0.1) is 12.1 Å². The van der Waals surface area contributed by atoms with Crippen LogP contribution in [0.3, 0.4) is 0 Å². The number of nitrogens with one attached hydrogen (secondary N) is 1. The highest BCUT2D eigenvalue weighted by molar-refractivity contribution is 5.85. The Bertz CT molecular complexity index is 274. The zero-order valence-corrected chi connectivity index (χ0v) is 13.3. The van der Waals surface area contributed by atoms with Gasteiger partial charge in [0.2, 0.25) is 5.91 Å². The monoisotopic (exact) mass is 292 g/mol. The van der Waals surface area contributed by atoms with Crippen LogP contribution in [0.4, 0.5) is 0 Å². The van der Waals surface area contributed by atoms with Gasteiger partial charge in [0, 0.05) is 19.1 Å². The standard InChI is InChI=1S/C14H28N2O2.ClH/c1-5-10(4)12(15)14(17)16-8-11-6-7-18-13(11)9(2)3;/h9-13H,5-8,15H2,1-4H3,(H,16,17);1H. The van der Waals surface area contributed by atoms with Crippen LogP contribution in [0.15, 0.2) is 0 Å². The first-order chi connectivity index (χ1) is 8.47. The van der Waals surface area contributed by atoms with Gasteiger partial charge < -0.3 is 15.8 Å². The summed E-state index contributed by atoms with van der Waals surface area (Å²) in [6.07, 6.45) is 2.22. The Hall–Kier alpha value is -0.320. The highest BCUT2D eigenvalue weighted by Crippen LogP contribution is 2.26. The predicted molar refractivity (Wildman–Crippen MR) is 80.4 cm³/mol. The minimum Gasteiger partial charge on any atom is -0.378 e. The zero-order chi connectivity index (χ0) is 13.7. The number of amides is 1. The van der Waals surface area contributed by atoms with Crippen molar-refractivity contribution in [3.63, 3.8) is 0 Å². The number of ether oxygens (including phenoxy) is 1. The van der Waals surface area contributed by atoms with Crippen LogP contribution in [0.1, 0.15) is 40.5 Å². The zero-order valence-electron chi connectivity index (χ0n) is 12.5. The number of halogens is 1. The summed E-state index contributed by atoms with van der Waals surface area (Å²) in [5.74, 6) is 1.13.